The molecule has 0 bridgehead atoms. The average Bonchev–Trinajstić information content (AvgIpc) is 2.67. The molecule has 1 fully saturated rings. The molecule has 0 radical (unpaired) electrons. The number of hydrogen-bond donors (Lipinski definition) is 1. The van der Waals surface area contributed by atoms with E-state index in [1.54, 1.807) is 12.1 Å². The standard InChI is InChI=1S/C15H21FN2O2/c1-20-15-4-3-12(10-14(15)16)9-13(19)11-18-7-2-5-17-6-8-18/h3-4,10,17H,2,5-9,11H2,1H3. The normalized spacial score (nSPS) is 16.7. The van der Waals surface area contributed by atoms with E-state index in [1.165, 1.54) is 13.2 Å². The summed E-state index contributed by atoms with van der Waals surface area (Å²) in [6.07, 6.45) is 1.33. The molecule has 0 unspecified atom stereocenters. The minimum absolute atomic E-state index is 0.122. The third-order valence-electron chi connectivity index (χ3n) is 3.45. The predicted molar refractivity (Wildman–Crippen MR) is 75.6 cm³/mol. The van der Waals surface area contributed by atoms with Crippen LogP contribution in [0.3, 0.4) is 0 Å². The van der Waals surface area contributed by atoms with E-state index in [2.05, 4.69) is 10.2 Å². The molecule has 20 heavy (non-hydrogen) atoms. The molecule has 0 saturated carbocycles. The highest BCUT2D eigenvalue weighted by atomic mass is 19.1. The second-order valence-electron chi connectivity index (χ2n) is 5.06. The number of hydrogen-bond acceptors (Lipinski definition) is 4. The Morgan fingerprint density at radius 2 is 2.25 bits per heavy atom. The van der Waals surface area contributed by atoms with Crippen molar-refractivity contribution in [1.82, 2.24) is 10.2 Å². The Labute approximate surface area is 118 Å². The van der Waals surface area contributed by atoms with E-state index in [1.807, 2.05) is 0 Å². The van der Waals surface area contributed by atoms with E-state index in [-0.39, 0.29) is 18.0 Å². The number of nitrogens with zero attached hydrogens (tertiary/aromatic N) is 1. The van der Waals surface area contributed by atoms with Crippen molar-refractivity contribution in [2.24, 2.45) is 0 Å². The molecule has 110 valence electrons. The Morgan fingerprint density at radius 3 is 3.00 bits per heavy atom. The average molecular weight is 280 g/mol. The fourth-order valence-corrected chi connectivity index (χ4v) is 2.41. The second-order valence-corrected chi connectivity index (χ2v) is 5.06. The highest BCUT2D eigenvalue weighted by Gasteiger charge is 2.14. The third kappa shape index (κ3) is 4.28. The number of benzene rings is 1. The van der Waals surface area contributed by atoms with Crippen molar-refractivity contribution in [2.75, 3.05) is 39.8 Å². The summed E-state index contributed by atoms with van der Waals surface area (Å²) in [6.45, 7) is 4.20. The van der Waals surface area contributed by atoms with Gasteiger partial charge in [0.05, 0.1) is 13.7 Å². The van der Waals surface area contributed by atoms with Crippen LogP contribution in [-0.4, -0.2) is 50.5 Å². The van der Waals surface area contributed by atoms with Gasteiger partial charge in [-0.15, -0.1) is 0 Å². The minimum Gasteiger partial charge on any atom is -0.494 e. The number of methoxy groups -OCH3 is 1. The van der Waals surface area contributed by atoms with Crippen LogP contribution < -0.4 is 10.1 Å². The van der Waals surface area contributed by atoms with Crippen molar-refractivity contribution in [3.8, 4) is 5.75 Å². The fraction of sp³-hybridized carbons (Fsp3) is 0.533. The van der Waals surface area contributed by atoms with Gasteiger partial charge in [-0.05, 0) is 37.2 Å². The molecule has 1 saturated heterocycles. The molecule has 1 aliphatic heterocycles. The van der Waals surface area contributed by atoms with Crippen molar-refractivity contribution < 1.29 is 13.9 Å². The Bertz CT molecular complexity index is 457. The quantitative estimate of drug-likeness (QED) is 0.881. The SMILES string of the molecule is COc1ccc(CC(=O)CN2CCCNCC2)cc1F. The van der Waals surface area contributed by atoms with Gasteiger partial charge in [-0.1, -0.05) is 6.07 Å². The molecule has 1 heterocycles. The summed E-state index contributed by atoms with van der Waals surface area (Å²) in [6, 6.07) is 4.68. The van der Waals surface area contributed by atoms with E-state index in [0.29, 0.717) is 12.1 Å². The van der Waals surface area contributed by atoms with Gasteiger partial charge in [0.15, 0.2) is 17.3 Å². The number of ether oxygens (including phenoxy) is 1. The molecule has 1 aromatic carbocycles. The molecule has 1 N–H and O–H groups in total. The first-order valence-corrected chi connectivity index (χ1v) is 6.96. The van der Waals surface area contributed by atoms with Gasteiger partial charge in [0.25, 0.3) is 0 Å². The largest absolute Gasteiger partial charge is 0.494 e. The van der Waals surface area contributed by atoms with E-state index in [9.17, 15) is 9.18 Å². The smallest absolute Gasteiger partial charge is 0.165 e. The van der Waals surface area contributed by atoms with Crippen LogP contribution in [0.4, 0.5) is 4.39 Å². The number of halogens is 1. The maximum absolute atomic E-state index is 13.6. The molecule has 5 heteroatoms. The van der Waals surface area contributed by atoms with Gasteiger partial charge in [0.2, 0.25) is 0 Å². The van der Waals surface area contributed by atoms with Crippen LogP contribution in [0.25, 0.3) is 0 Å². The van der Waals surface area contributed by atoms with E-state index in [4.69, 9.17) is 4.74 Å². The van der Waals surface area contributed by atoms with Gasteiger partial charge in [-0.25, -0.2) is 4.39 Å². The lowest BCUT2D eigenvalue weighted by Crippen LogP contribution is -2.33. The maximum atomic E-state index is 13.6. The van der Waals surface area contributed by atoms with Crippen LogP contribution in [0.5, 0.6) is 5.75 Å². The summed E-state index contributed by atoms with van der Waals surface area (Å²) >= 11 is 0. The zero-order valence-corrected chi connectivity index (χ0v) is 11.8. The second kappa shape index (κ2) is 7.36. The summed E-state index contributed by atoms with van der Waals surface area (Å²) in [5.74, 6) is -0.0898. The maximum Gasteiger partial charge on any atom is 0.165 e. The molecule has 4 nitrogen and oxygen atoms in total. The summed E-state index contributed by atoms with van der Waals surface area (Å²) in [5, 5.41) is 3.30. The number of nitrogens with one attached hydrogen (secondary N) is 1. The van der Waals surface area contributed by atoms with Crippen molar-refractivity contribution >= 4 is 5.78 Å². The van der Waals surface area contributed by atoms with Crippen LogP contribution in [0.2, 0.25) is 0 Å². The molecule has 0 spiro atoms. The molecule has 1 aliphatic rings. The number of Topliss-reactive ketones (excluding diaryl/α,β-unsaturated/α-hetero) is 1. The van der Waals surface area contributed by atoms with Crippen LogP contribution in [-0.2, 0) is 11.2 Å². The van der Waals surface area contributed by atoms with Gasteiger partial charge in [0, 0.05) is 19.5 Å². The van der Waals surface area contributed by atoms with Crippen LogP contribution in [0.15, 0.2) is 18.2 Å². The summed E-state index contributed by atoms with van der Waals surface area (Å²) in [4.78, 5) is 14.2. The third-order valence-corrected chi connectivity index (χ3v) is 3.45. The fourth-order valence-electron chi connectivity index (χ4n) is 2.41. The van der Waals surface area contributed by atoms with Crippen LogP contribution >= 0.6 is 0 Å². The first-order valence-electron chi connectivity index (χ1n) is 6.96. The lowest BCUT2D eigenvalue weighted by molar-refractivity contribution is -0.119. The summed E-state index contributed by atoms with van der Waals surface area (Å²) in [5.41, 5.74) is 0.696. The van der Waals surface area contributed by atoms with Crippen molar-refractivity contribution in [2.45, 2.75) is 12.8 Å². The first-order chi connectivity index (χ1) is 9.69. The van der Waals surface area contributed by atoms with Gasteiger partial charge in [0.1, 0.15) is 0 Å². The molecular weight excluding hydrogens is 259 g/mol. The lowest BCUT2D eigenvalue weighted by atomic mass is 10.1. The van der Waals surface area contributed by atoms with Gasteiger partial charge >= 0.3 is 0 Å². The number of carbonyl (C=O) groups is 1. The Balaban J connectivity index is 1.88. The molecule has 1 aromatic rings. The Hall–Kier alpha value is -1.46. The van der Waals surface area contributed by atoms with E-state index >= 15 is 0 Å². The van der Waals surface area contributed by atoms with Gasteiger partial charge in [-0.2, -0.15) is 0 Å². The van der Waals surface area contributed by atoms with Crippen LogP contribution in [0, 0.1) is 5.82 Å². The molecule has 0 aliphatic carbocycles. The lowest BCUT2D eigenvalue weighted by Gasteiger charge is -2.18. The molecular formula is C15H21FN2O2. The van der Waals surface area contributed by atoms with Crippen molar-refractivity contribution in [3.05, 3.63) is 29.6 Å². The summed E-state index contributed by atoms with van der Waals surface area (Å²) in [7, 11) is 1.43. The van der Waals surface area contributed by atoms with Gasteiger partial charge in [-0.3, -0.25) is 9.69 Å². The highest BCUT2D eigenvalue weighted by molar-refractivity contribution is 5.82. The molecule has 2 rings (SSSR count). The molecule has 0 atom stereocenters. The Kier molecular flexibility index (Phi) is 5.49. The first kappa shape index (κ1) is 14.9. The zero-order chi connectivity index (χ0) is 14.4. The van der Waals surface area contributed by atoms with Gasteiger partial charge < -0.3 is 10.1 Å². The summed E-state index contributed by atoms with van der Waals surface area (Å²) < 4.78 is 18.4. The van der Waals surface area contributed by atoms with Crippen molar-refractivity contribution in [1.29, 1.82) is 0 Å². The Morgan fingerprint density at radius 1 is 1.40 bits per heavy atom. The minimum atomic E-state index is -0.420. The number of ketones is 1. The number of rotatable bonds is 5. The van der Waals surface area contributed by atoms with E-state index < -0.39 is 5.82 Å². The molecule has 0 aromatic heterocycles. The number of carbonyl (C=O) groups excluding carboxylic acids is 1. The highest BCUT2D eigenvalue weighted by Crippen LogP contribution is 2.18. The monoisotopic (exact) mass is 280 g/mol. The van der Waals surface area contributed by atoms with E-state index in [0.717, 1.165) is 32.6 Å². The predicted octanol–water partition coefficient (Wildman–Crippen LogP) is 1.24. The zero-order valence-electron chi connectivity index (χ0n) is 11.8. The topological polar surface area (TPSA) is 41.6 Å². The molecule has 0 amide bonds. The van der Waals surface area contributed by atoms with Crippen molar-refractivity contribution in [3.63, 3.8) is 0 Å². The van der Waals surface area contributed by atoms with Crippen LogP contribution in [0.1, 0.15) is 12.0 Å².